The minimum atomic E-state index is -2.78. The maximum Gasteiger partial charge on any atom is 0.227 e. The molecule has 52 valence electrons. The van der Waals surface area contributed by atoms with Crippen molar-refractivity contribution in [3.63, 3.8) is 0 Å². The summed E-state index contributed by atoms with van der Waals surface area (Å²) in [5.41, 5.74) is 0. The van der Waals surface area contributed by atoms with E-state index in [9.17, 15) is 13.2 Å². The van der Waals surface area contributed by atoms with Crippen molar-refractivity contribution in [1.29, 1.82) is 0 Å². The van der Waals surface area contributed by atoms with Crippen molar-refractivity contribution < 1.29 is 13.2 Å². The van der Waals surface area contributed by atoms with E-state index in [1.165, 1.54) is 6.08 Å². The molecule has 0 unspecified atom stereocenters. The Hall–Kier alpha value is -0.840. The standard InChI is InChI=1S/C4H7NO3S/c1-2-3-5(4-6)9(7)8/h2,4,9H,1,3H2. The Balaban J connectivity index is 3.97. The van der Waals surface area contributed by atoms with Crippen LogP contribution in [0, 0.1) is 0 Å². The smallest absolute Gasteiger partial charge is 0.227 e. The van der Waals surface area contributed by atoms with Crippen molar-refractivity contribution in [3.05, 3.63) is 12.7 Å². The molecule has 0 aliphatic rings. The van der Waals surface area contributed by atoms with Gasteiger partial charge in [-0.3, -0.25) is 4.79 Å². The first kappa shape index (κ1) is 8.16. The van der Waals surface area contributed by atoms with Gasteiger partial charge in [-0.25, -0.2) is 12.7 Å². The van der Waals surface area contributed by atoms with Crippen LogP contribution in [0.1, 0.15) is 0 Å². The summed E-state index contributed by atoms with van der Waals surface area (Å²) < 4.78 is 20.6. The highest BCUT2D eigenvalue weighted by Gasteiger charge is 1.96. The van der Waals surface area contributed by atoms with Crippen molar-refractivity contribution in [2.75, 3.05) is 6.54 Å². The fourth-order valence-electron chi connectivity index (χ4n) is 0.280. The van der Waals surface area contributed by atoms with Gasteiger partial charge in [0.05, 0.1) is 6.54 Å². The molecular weight excluding hydrogens is 142 g/mol. The van der Waals surface area contributed by atoms with E-state index in [1.54, 1.807) is 0 Å². The molecule has 0 atom stereocenters. The summed E-state index contributed by atoms with van der Waals surface area (Å²) in [6.45, 7) is 3.31. The number of thiol groups is 1. The molecule has 0 saturated heterocycles. The van der Waals surface area contributed by atoms with Crippen LogP contribution in [0.25, 0.3) is 0 Å². The molecule has 0 rings (SSSR count). The van der Waals surface area contributed by atoms with Crippen LogP contribution < -0.4 is 0 Å². The van der Waals surface area contributed by atoms with Gasteiger partial charge < -0.3 is 0 Å². The van der Waals surface area contributed by atoms with Gasteiger partial charge in [0.15, 0.2) is 0 Å². The van der Waals surface area contributed by atoms with Gasteiger partial charge >= 0.3 is 0 Å². The summed E-state index contributed by atoms with van der Waals surface area (Å²) >= 11 is 0. The molecule has 0 aromatic rings. The number of amides is 1. The molecule has 0 aliphatic carbocycles. The third-order valence-corrected chi connectivity index (χ3v) is 1.32. The third kappa shape index (κ3) is 2.86. The molecule has 0 fully saturated rings. The number of hydrogen-bond donors (Lipinski definition) is 1. The quantitative estimate of drug-likeness (QED) is 0.322. The average molecular weight is 149 g/mol. The SMILES string of the molecule is C=CCN(C=O)[SH](=O)=O. The minimum Gasteiger partial charge on any atom is -0.278 e. The summed E-state index contributed by atoms with van der Waals surface area (Å²) in [6.07, 6.45) is 1.58. The van der Waals surface area contributed by atoms with Crippen molar-refractivity contribution in [1.82, 2.24) is 4.31 Å². The Labute approximate surface area is 54.9 Å². The molecule has 0 radical (unpaired) electrons. The molecule has 5 heteroatoms. The Kier molecular flexibility index (Phi) is 3.70. The summed E-state index contributed by atoms with van der Waals surface area (Å²) in [5, 5.41) is 0. The molecule has 0 aliphatic heterocycles. The van der Waals surface area contributed by atoms with Crippen LogP contribution >= 0.6 is 0 Å². The molecule has 0 aromatic heterocycles. The average Bonchev–Trinajstić information content (AvgIpc) is 1.82. The topological polar surface area (TPSA) is 54.5 Å². The zero-order chi connectivity index (χ0) is 7.28. The number of hydrogen-bond acceptors (Lipinski definition) is 3. The van der Waals surface area contributed by atoms with E-state index < -0.39 is 10.9 Å². The Bertz CT molecular complexity index is 167. The molecule has 0 N–H and O–H groups in total. The lowest BCUT2D eigenvalue weighted by Gasteiger charge is -2.02. The van der Waals surface area contributed by atoms with Crippen LogP contribution in [0.2, 0.25) is 0 Å². The van der Waals surface area contributed by atoms with Gasteiger partial charge in [0.2, 0.25) is 17.3 Å². The molecule has 0 aromatic carbocycles. The van der Waals surface area contributed by atoms with E-state index in [2.05, 4.69) is 6.58 Å². The predicted octanol–water partition coefficient (Wildman–Crippen LogP) is -0.843. The van der Waals surface area contributed by atoms with Gasteiger partial charge in [0, 0.05) is 0 Å². The Morgan fingerprint density at radius 3 is 2.22 bits per heavy atom. The molecule has 1 amide bonds. The minimum absolute atomic E-state index is 0.0439. The van der Waals surface area contributed by atoms with E-state index in [0.717, 1.165) is 0 Å². The lowest BCUT2D eigenvalue weighted by Crippen LogP contribution is -2.19. The van der Waals surface area contributed by atoms with Gasteiger partial charge in [0.25, 0.3) is 0 Å². The molecule has 0 spiro atoms. The third-order valence-electron chi connectivity index (χ3n) is 0.648. The summed E-state index contributed by atoms with van der Waals surface area (Å²) in [4.78, 5) is 9.83. The predicted molar refractivity (Wildman–Crippen MR) is 33.3 cm³/mol. The molecule has 4 nitrogen and oxygen atoms in total. The van der Waals surface area contributed by atoms with Crippen molar-refractivity contribution in [2.24, 2.45) is 0 Å². The van der Waals surface area contributed by atoms with Crippen LogP contribution in [-0.4, -0.2) is 25.7 Å². The zero-order valence-electron chi connectivity index (χ0n) is 4.69. The van der Waals surface area contributed by atoms with Gasteiger partial charge in [-0.05, 0) is 0 Å². The molecule has 0 saturated carbocycles. The van der Waals surface area contributed by atoms with Crippen molar-refractivity contribution in [3.8, 4) is 0 Å². The second-order valence-corrected chi connectivity index (χ2v) is 2.24. The monoisotopic (exact) mass is 149 g/mol. The van der Waals surface area contributed by atoms with Crippen LogP contribution in [0.15, 0.2) is 12.7 Å². The summed E-state index contributed by atoms with van der Waals surface area (Å²) in [5.74, 6) is 0. The number of carbonyl (C=O) groups is 1. The van der Waals surface area contributed by atoms with Crippen LogP contribution in [0.4, 0.5) is 0 Å². The van der Waals surface area contributed by atoms with Crippen LogP contribution in [-0.2, 0) is 15.7 Å². The number of nitrogens with zero attached hydrogens (tertiary/aromatic N) is 1. The van der Waals surface area contributed by atoms with Gasteiger partial charge in [0.1, 0.15) is 0 Å². The maximum atomic E-state index is 10.0. The largest absolute Gasteiger partial charge is 0.278 e. The molecule has 0 bridgehead atoms. The van der Waals surface area contributed by atoms with Crippen LogP contribution in [0.3, 0.4) is 0 Å². The molecule has 9 heavy (non-hydrogen) atoms. The highest BCUT2D eigenvalue weighted by molar-refractivity contribution is 7.70. The van der Waals surface area contributed by atoms with E-state index in [1.807, 2.05) is 0 Å². The molecular formula is C4H7NO3S. The number of carbonyl (C=O) groups excluding carboxylic acids is 1. The normalized spacial score (nSPS) is 9.00. The van der Waals surface area contributed by atoms with Crippen molar-refractivity contribution >= 4 is 17.3 Å². The van der Waals surface area contributed by atoms with E-state index >= 15 is 0 Å². The second-order valence-electron chi connectivity index (χ2n) is 1.25. The number of rotatable bonds is 4. The first-order valence-corrected chi connectivity index (χ1v) is 3.32. The first-order chi connectivity index (χ1) is 4.22. The lowest BCUT2D eigenvalue weighted by atomic mass is 10.6. The fraction of sp³-hybridized carbons (Fsp3) is 0.250. The zero-order valence-corrected chi connectivity index (χ0v) is 5.58. The lowest BCUT2D eigenvalue weighted by molar-refractivity contribution is -0.113. The van der Waals surface area contributed by atoms with Crippen molar-refractivity contribution in [2.45, 2.75) is 0 Å². The van der Waals surface area contributed by atoms with Gasteiger partial charge in [-0.15, -0.1) is 6.58 Å². The van der Waals surface area contributed by atoms with E-state index in [-0.39, 0.29) is 13.0 Å². The summed E-state index contributed by atoms with van der Waals surface area (Å²) in [6, 6.07) is 0. The fourth-order valence-corrected chi connectivity index (χ4v) is 0.606. The summed E-state index contributed by atoms with van der Waals surface area (Å²) in [7, 11) is -2.78. The molecule has 0 heterocycles. The van der Waals surface area contributed by atoms with E-state index in [4.69, 9.17) is 0 Å². The Morgan fingerprint density at radius 2 is 2.11 bits per heavy atom. The van der Waals surface area contributed by atoms with Crippen LogP contribution in [0.5, 0.6) is 0 Å². The van der Waals surface area contributed by atoms with Gasteiger partial charge in [-0.1, -0.05) is 6.08 Å². The highest BCUT2D eigenvalue weighted by Crippen LogP contribution is 1.80. The second kappa shape index (κ2) is 4.08. The maximum absolute atomic E-state index is 10.0. The van der Waals surface area contributed by atoms with E-state index in [0.29, 0.717) is 4.31 Å². The Morgan fingerprint density at radius 1 is 1.56 bits per heavy atom. The highest BCUT2D eigenvalue weighted by atomic mass is 32.2. The first-order valence-electron chi connectivity index (χ1n) is 2.19. The van der Waals surface area contributed by atoms with Gasteiger partial charge in [-0.2, -0.15) is 0 Å².